The Morgan fingerprint density at radius 2 is 1.73 bits per heavy atom. The Bertz CT molecular complexity index is 834. The average Bonchev–Trinajstić information content (AvgIpc) is 3.25. The van der Waals surface area contributed by atoms with Gasteiger partial charge < -0.3 is 10.2 Å². The zero-order chi connectivity index (χ0) is 21.3. The van der Waals surface area contributed by atoms with Crippen molar-refractivity contribution in [2.45, 2.75) is 70.5 Å². The van der Waals surface area contributed by atoms with Crippen LogP contribution in [0.5, 0.6) is 0 Å². The average molecular weight is 427 g/mol. The van der Waals surface area contributed by atoms with Gasteiger partial charge in [-0.3, -0.25) is 9.59 Å². The van der Waals surface area contributed by atoms with E-state index in [0.717, 1.165) is 43.2 Å². The summed E-state index contributed by atoms with van der Waals surface area (Å²) in [6.45, 7) is 2.31. The molecule has 0 radical (unpaired) electrons. The first-order chi connectivity index (χ1) is 14.6. The fourth-order valence-electron chi connectivity index (χ4n) is 4.09. The molecule has 30 heavy (non-hydrogen) atoms. The van der Waals surface area contributed by atoms with Crippen LogP contribution in [0, 0.1) is 0 Å². The first-order valence-corrected chi connectivity index (χ1v) is 11.3. The quantitative estimate of drug-likeness (QED) is 0.603. The Kier molecular flexibility index (Phi) is 8.32. The fraction of sp³-hybridized carbons (Fsp3) is 0.440. The van der Waals surface area contributed by atoms with Gasteiger partial charge >= 0.3 is 0 Å². The van der Waals surface area contributed by atoms with E-state index in [2.05, 4.69) is 5.32 Å². The third kappa shape index (κ3) is 6.09. The molecule has 0 bridgehead atoms. The molecule has 0 saturated heterocycles. The monoisotopic (exact) mass is 426 g/mol. The van der Waals surface area contributed by atoms with Crippen molar-refractivity contribution in [3.05, 3.63) is 70.7 Å². The molecular formula is C25H31ClN2O2. The van der Waals surface area contributed by atoms with E-state index in [1.165, 1.54) is 0 Å². The van der Waals surface area contributed by atoms with Crippen molar-refractivity contribution in [1.82, 2.24) is 10.2 Å². The largest absolute Gasteiger partial charge is 0.352 e. The minimum Gasteiger partial charge on any atom is -0.352 e. The van der Waals surface area contributed by atoms with Crippen LogP contribution in [0.3, 0.4) is 0 Å². The molecule has 1 atom stereocenters. The molecule has 3 rings (SSSR count). The minimum absolute atomic E-state index is 0.0140. The summed E-state index contributed by atoms with van der Waals surface area (Å²) < 4.78 is 0. The molecule has 0 aliphatic heterocycles. The number of benzene rings is 2. The lowest BCUT2D eigenvalue weighted by Gasteiger charge is -2.32. The second-order valence-corrected chi connectivity index (χ2v) is 8.47. The van der Waals surface area contributed by atoms with Crippen LogP contribution in [0.25, 0.3) is 0 Å². The molecule has 2 amide bonds. The van der Waals surface area contributed by atoms with E-state index in [4.69, 9.17) is 11.6 Å². The predicted molar refractivity (Wildman–Crippen MR) is 121 cm³/mol. The summed E-state index contributed by atoms with van der Waals surface area (Å²) in [7, 11) is 0. The summed E-state index contributed by atoms with van der Waals surface area (Å²) in [6.07, 6.45) is 5.94. The number of carbonyl (C=O) groups is 2. The number of hydrogen-bond donors (Lipinski definition) is 1. The normalized spacial score (nSPS) is 15.0. The van der Waals surface area contributed by atoms with E-state index in [0.29, 0.717) is 24.4 Å². The molecule has 0 heterocycles. The SMILES string of the molecule is CCCC(=O)N(Cc1ccccc1Cl)[C@@H](Cc1ccccc1)C(=O)NC1CCCC1. The number of rotatable bonds is 9. The molecule has 1 aliphatic carbocycles. The molecule has 1 saturated carbocycles. The highest BCUT2D eigenvalue weighted by Gasteiger charge is 2.32. The van der Waals surface area contributed by atoms with E-state index in [-0.39, 0.29) is 17.9 Å². The molecule has 1 fully saturated rings. The van der Waals surface area contributed by atoms with Gasteiger partial charge in [0.05, 0.1) is 0 Å². The molecule has 0 unspecified atom stereocenters. The number of carbonyl (C=O) groups excluding carboxylic acids is 2. The number of halogens is 1. The summed E-state index contributed by atoms with van der Waals surface area (Å²) >= 11 is 6.39. The lowest BCUT2D eigenvalue weighted by atomic mass is 10.0. The zero-order valence-electron chi connectivity index (χ0n) is 17.6. The standard InChI is InChI=1S/C25H31ClN2O2/c1-2-10-24(29)28(18-20-13-6-9-16-22(20)26)23(17-19-11-4-3-5-12-19)25(30)27-21-14-7-8-15-21/h3-6,9,11-13,16,21,23H,2,7-8,10,14-15,17-18H2,1H3,(H,27,30)/t23-/m0/s1. The van der Waals surface area contributed by atoms with Gasteiger partial charge in [-0.25, -0.2) is 0 Å². The van der Waals surface area contributed by atoms with Crippen LogP contribution in [0.1, 0.15) is 56.6 Å². The molecule has 5 heteroatoms. The van der Waals surface area contributed by atoms with Crippen LogP contribution in [-0.2, 0) is 22.6 Å². The molecule has 160 valence electrons. The Hall–Kier alpha value is -2.33. The van der Waals surface area contributed by atoms with E-state index in [9.17, 15) is 9.59 Å². The third-order valence-corrected chi connectivity index (χ3v) is 6.10. The molecule has 1 aliphatic rings. The molecular weight excluding hydrogens is 396 g/mol. The van der Waals surface area contributed by atoms with Gasteiger partial charge in [0.1, 0.15) is 6.04 Å². The van der Waals surface area contributed by atoms with Crippen LogP contribution in [-0.4, -0.2) is 28.8 Å². The minimum atomic E-state index is -0.566. The molecule has 1 N–H and O–H groups in total. The van der Waals surface area contributed by atoms with Crippen molar-refractivity contribution in [3.63, 3.8) is 0 Å². The predicted octanol–water partition coefficient (Wildman–Crippen LogP) is 5.14. The second kappa shape index (κ2) is 11.2. The van der Waals surface area contributed by atoms with Gasteiger partial charge in [-0.1, -0.05) is 79.9 Å². The fourth-order valence-corrected chi connectivity index (χ4v) is 4.28. The van der Waals surface area contributed by atoms with Gasteiger partial charge in [-0.15, -0.1) is 0 Å². The second-order valence-electron chi connectivity index (χ2n) is 8.06. The summed E-state index contributed by atoms with van der Waals surface area (Å²) in [5.41, 5.74) is 1.90. The molecule has 4 nitrogen and oxygen atoms in total. The number of amides is 2. The van der Waals surface area contributed by atoms with Gasteiger partial charge in [0.15, 0.2) is 0 Å². The number of nitrogens with zero attached hydrogens (tertiary/aromatic N) is 1. The highest BCUT2D eigenvalue weighted by atomic mass is 35.5. The smallest absolute Gasteiger partial charge is 0.243 e. The lowest BCUT2D eigenvalue weighted by molar-refractivity contribution is -0.141. The van der Waals surface area contributed by atoms with Gasteiger partial charge in [0, 0.05) is 30.5 Å². The lowest BCUT2D eigenvalue weighted by Crippen LogP contribution is -2.52. The van der Waals surface area contributed by atoms with Gasteiger partial charge in [-0.05, 0) is 36.5 Å². The Morgan fingerprint density at radius 1 is 1.07 bits per heavy atom. The van der Waals surface area contributed by atoms with Crippen LogP contribution in [0.2, 0.25) is 5.02 Å². The van der Waals surface area contributed by atoms with Crippen molar-refractivity contribution in [3.8, 4) is 0 Å². The first kappa shape index (κ1) is 22.4. The topological polar surface area (TPSA) is 49.4 Å². The van der Waals surface area contributed by atoms with Gasteiger partial charge in [0.25, 0.3) is 0 Å². The maximum atomic E-state index is 13.4. The van der Waals surface area contributed by atoms with E-state index in [1.807, 2.05) is 61.5 Å². The first-order valence-electron chi connectivity index (χ1n) is 11.0. The zero-order valence-corrected chi connectivity index (χ0v) is 18.4. The Balaban J connectivity index is 1.90. The molecule has 0 spiro atoms. The van der Waals surface area contributed by atoms with E-state index < -0.39 is 6.04 Å². The number of nitrogens with one attached hydrogen (secondary N) is 1. The van der Waals surface area contributed by atoms with Gasteiger partial charge in [0.2, 0.25) is 11.8 Å². The van der Waals surface area contributed by atoms with Crippen molar-refractivity contribution in [1.29, 1.82) is 0 Å². The van der Waals surface area contributed by atoms with Crippen LogP contribution in [0.15, 0.2) is 54.6 Å². The van der Waals surface area contributed by atoms with E-state index in [1.54, 1.807) is 4.90 Å². The summed E-state index contributed by atoms with van der Waals surface area (Å²) in [6, 6.07) is 17.1. The van der Waals surface area contributed by atoms with Crippen molar-refractivity contribution >= 4 is 23.4 Å². The summed E-state index contributed by atoms with van der Waals surface area (Å²) in [5, 5.41) is 3.82. The van der Waals surface area contributed by atoms with Crippen molar-refractivity contribution < 1.29 is 9.59 Å². The van der Waals surface area contributed by atoms with Crippen molar-refractivity contribution in [2.75, 3.05) is 0 Å². The van der Waals surface area contributed by atoms with E-state index >= 15 is 0 Å². The van der Waals surface area contributed by atoms with Crippen molar-refractivity contribution in [2.24, 2.45) is 0 Å². The Labute approximate surface area is 184 Å². The maximum Gasteiger partial charge on any atom is 0.243 e. The highest BCUT2D eigenvalue weighted by Crippen LogP contribution is 2.23. The molecule has 2 aromatic rings. The molecule has 0 aromatic heterocycles. The van der Waals surface area contributed by atoms with Gasteiger partial charge in [-0.2, -0.15) is 0 Å². The number of hydrogen-bond acceptors (Lipinski definition) is 2. The van der Waals surface area contributed by atoms with Crippen LogP contribution >= 0.6 is 11.6 Å². The maximum absolute atomic E-state index is 13.4. The Morgan fingerprint density at radius 3 is 2.40 bits per heavy atom. The summed E-state index contributed by atoms with van der Waals surface area (Å²) in [4.78, 5) is 28.3. The van der Waals surface area contributed by atoms with Crippen LogP contribution in [0.4, 0.5) is 0 Å². The third-order valence-electron chi connectivity index (χ3n) is 5.74. The molecule has 2 aromatic carbocycles. The highest BCUT2D eigenvalue weighted by molar-refractivity contribution is 6.31. The summed E-state index contributed by atoms with van der Waals surface area (Å²) in [5.74, 6) is -0.0813. The van der Waals surface area contributed by atoms with Crippen LogP contribution < -0.4 is 5.32 Å².